The number of benzene rings is 1. The Morgan fingerprint density at radius 3 is 3.00 bits per heavy atom. The molecule has 21 heavy (non-hydrogen) atoms. The highest BCUT2D eigenvalue weighted by Crippen LogP contribution is 2.35. The summed E-state index contributed by atoms with van der Waals surface area (Å²) in [6, 6.07) is 6.34. The highest BCUT2D eigenvalue weighted by Gasteiger charge is 2.26. The van der Waals surface area contributed by atoms with Crippen LogP contribution in [-0.4, -0.2) is 12.7 Å². The highest BCUT2D eigenvalue weighted by atomic mass is 79.9. The van der Waals surface area contributed by atoms with Crippen LogP contribution in [0, 0.1) is 5.92 Å². The number of ether oxygens (including phenoxy) is 1. The summed E-state index contributed by atoms with van der Waals surface area (Å²) in [5, 5.41) is 3.53. The predicted octanol–water partition coefficient (Wildman–Crippen LogP) is 4.88. The zero-order chi connectivity index (χ0) is 14.8. The van der Waals surface area contributed by atoms with E-state index in [0.717, 1.165) is 29.4 Å². The van der Waals surface area contributed by atoms with Crippen LogP contribution in [0.4, 0.5) is 14.5 Å². The Kier molecular flexibility index (Phi) is 4.29. The molecule has 2 aliphatic rings. The third kappa shape index (κ3) is 3.28. The van der Waals surface area contributed by atoms with Crippen molar-refractivity contribution in [2.75, 3.05) is 5.32 Å². The molecule has 1 N–H and O–H groups in total. The molecule has 0 fully saturated rings. The normalized spacial score (nSPS) is 24.3. The lowest BCUT2D eigenvalue weighted by Gasteiger charge is -2.33. The van der Waals surface area contributed by atoms with Gasteiger partial charge in [-0.15, -0.1) is 0 Å². The summed E-state index contributed by atoms with van der Waals surface area (Å²) < 4.78 is 30.2. The van der Waals surface area contributed by atoms with Crippen LogP contribution >= 0.6 is 15.9 Å². The zero-order valence-corrected chi connectivity index (χ0v) is 12.9. The zero-order valence-electron chi connectivity index (χ0n) is 11.4. The van der Waals surface area contributed by atoms with E-state index in [4.69, 9.17) is 0 Å². The molecule has 0 aromatic heterocycles. The molecule has 0 radical (unpaired) electrons. The Balaban J connectivity index is 1.74. The second-order valence-electron chi connectivity index (χ2n) is 5.30. The molecule has 0 amide bonds. The van der Waals surface area contributed by atoms with Gasteiger partial charge < -0.3 is 10.1 Å². The Morgan fingerprint density at radius 1 is 1.33 bits per heavy atom. The van der Waals surface area contributed by atoms with E-state index in [1.165, 1.54) is 5.56 Å². The van der Waals surface area contributed by atoms with Crippen molar-refractivity contribution in [3.8, 4) is 0 Å². The standard InChI is InChI=1S/C16H16BrF2NO/c17-13-5-2-6-15-12(13)7-8-14(20-15)10-3-1-4-11(9-10)21-16(18)19/h1-2,4-6,9-10,14,16,20H,3,7-8H2/t10?,14-/m1/s1. The van der Waals surface area contributed by atoms with Crippen molar-refractivity contribution in [2.24, 2.45) is 5.92 Å². The van der Waals surface area contributed by atoms with Gasteiger partial charge in [-0.1, -0.05) is 28.1 Å². The van der Waals surface area contributed by atoms with Gasteiger partial charge in [-0.25, -0.2) is 0 Å². The van der Waals surface area contributed by atoms with E-state index in [9.17, 15) is 8.78 Å². The molecule has 1 aliphatic carbocycles. The molecular formula is C16H16BrF2NO. The van der Waals surface area contributed by atoms with E-state index >= 15 is 0 Å². The fourth-order valence-electron chi connectivity index (χ4n) is 2.98. The Hall–Kier alpha value is -1.36. The van der Waals surface area contributed by atoms with E-state index < -0.39 is 6.61 Å². The lowest BCUT2D eigenvalue weighted by molar-refractivity contribution is -0.0928. The van der Waals surface area contributed by atoms with Crippen molar-refractivity contribution in [1.82, 2.24) is 0 Å². The van der Waals surface area contributed by atoms with Crippen LogP contribution in [0.5, 0.6) is 0 Å². The molecule has 0 saturated heterocycles. The van der Waals surface area contributed by atoms with Crippen molar-refractivity contribution >= 4 is 21.6 Å². The minimum absolute atomic E-state index is 0.177. The van der Waals surface area contributed by atoms with Gasteiger partial charge in [0.05, 0.1) is 0 Å². The van der Waals surface area contributed by atoms with Crippen LogP contribution in [0.1, 0.15) is 18.4 Å². The largest absolute Gasteiger partial charge is 0.435 e. The number of hydrogen-bond donors (Lipinski definition) is 1. The molecule has 3 rings (SSSR count). The first-order chi connectivity index (χ1) is 10.1. The molecule has 1 unspecified atom stereocenters. The molecule has 0 bridgehead atoms. The first kappa shape index (κ1) is 14.6. The van der Waals surface area contributed by atoms with Crippen LogP contribution in [-0.2, 0) is 11.2 Å². The molecule has 1 heterocycles. The summed E-state index contributed by atoms with van der Waals surface area (Å²) in [5.41, 5.74) is 2.41. The summed E-state index contributed by atoms with van der Waals surface area (Å²) >= 11 is 3.57. The number of allylic oxidation sites excluding steroid dienone is 2. The molecule has 0 spiro atoms. The van der Waals surface area contributed by atoms with Crippen LogP contribution in [0.25, 0.3) is 0 Å². The molecular weight excluding hydrogens is 340 g/mol. The maximum absolute atomic E-state index is 12.3. The lowest BCUT2D eigenvalue weighted by atomic mass is 9.85. The quantitative estimate of drug-likeness (QED) is 0.834. The number of hydrogen-bond acceptors (Lipinski definition) is 2. The minimum atomic E-state index is -2.77. The van der Waals surface area contributed by atoms with Gasteiger partial charge in [-0.3, -0.25) is 0 Å². The number of alkyl halides is 2. The molecule has 1 aromatic carbocycles. The number of halogens is 3. The maximum atomic E-state index is 12.3. The minimum Gasteiger partial charge on any atom is -0.435 e. The molecule has 5 heteroatoms. The van der Waals surface area contributed by atoms with Gasteiger partial charge in [-0.05, 0) is 49.1 Å². The van der Waals surface area contributed by atoms with Gasteiger partial charge in [-0.2, -0.15) is 8.78 Å². The second-order valence-corrected chi connectivity index (χ2v) is 6.16. The van der Waals surface area contributed by atoms with Crippen LogP contribution in [0.15, 0.2) is 46.7 Å². The van der Waals surface area contributed by atoms with E-state index in [0.29, 0.717) is 0 Å². The average Bonchev–Trinajstić information content (AvgIpc) is 2.47. The summed E-state index contributed by atoms with van der Waals surface area (Å²) in [6.07, 6.45) is 8.14. The first-order valence-electron chi connectivity index (χ1n) is 7.00. The molecule has 1 aromatic rings. The highest BCUT2D eigenvalue weighted by molar-refractivity contribution is 9.10. The third-order valence-corrected chi connectivity index (χ3v) is 4.72. The van der Waals surface area contributed by atoms with Crippen LogP contribution < -0.4 is 5.32 Å². The van der Waals surface area contributed by atoms with Crippen molar-refractivity contribution < 1.29 is 13.5 Å². The SMILES string of the molecule is FC(F)OC1=CC([C@H]2CCc3c(Br)cccc3N2)CC=C1. The van der Waals surface area contributed by atoms with Gasteiger partial charge in [0, 0.05) is 22.1 Å². The van der Waals surface area contributed by atoms with Gasteiger partial charge in [0.1, 0.15) is 5.76 Å². The summed E-state index contributed by atoms with van der Waals surface area (Å²) in [7, 11) is 0. The number of fused-ring (bicyclic) bond motifs is 1. The van der Waals surface area contributed by atoms with Crippen molar-refractivity contribution in [3.05, 3.63) is 52.2 Å². The van der Waals surface area contributed by atoms with Gasteiger partial charge >= 0.3 is 6.61 Å². The second kappa shape index (κ2) is 6.18. The van der Waals surface area contributed by atoms with Crippen LogP contribution in [0.3, 0.4) is 0 Å². The number of anilines is 1. The van der Waals surface area contributed by atoms with Gasteiger partial charge in [0.15, 0.2) is 0 Å². The lowest BCUT2D eigenvalue weighted by Crippen LogP contribution is -2.33. The van der Waals surface area contributed by atoms with Crippen molar-refractivity contribution in [1.29, 1.82) is 0 Å². The van der Waals surface area contributed by atoms with Crippen molar-refractivity contribution in [2.45, 2.75) is 31.9 Å². The van der Waals surface area contributed by atoms with Crippen LogP contribution in [0.2, 0.25) is 0 Å². The number of rotatable bonds is 3. The molecule has 1 aliphatic heterocycles. The average molecular weight is 356 g/mol. The smallest absolute Gasteiger partial charge is 0.387 e. The topological polar surface area (TPSA) is 21.3 Å². The summed E-state index contributed by atoms with van der Waals surface area (Å²) in [5.74, 6) is 0.443. The third-order valence-electron chi connectivity index (χ3n) is 3.98. The Morgan fingerprint density at radius 2 is 2.19 bits per heavy atom. The summed E-state index contributed by atoms with van der Waals surface area (Å²) in [6.45, 7) is -2.77. The predicted molar refractivity (Wildman–Crippen MR) is 82.3 cm³/mol. The van der Waals surface area contributed by atoms with E-state index in [2.05, 4.69) is 32.0 Å². The summed E-state index contributed by atoms with van der Waals surface area (Å²) in [4.78, 5) is 0. The van der Waals surface area contributed by atoms with E-state index in [1.54, 1.807) is 6.08 Å². The van der Waals surface area contributed by atoms with E-state index in [1.807, 2.05) is 24.3 Å². The van der Waals surface area contributed by atoms with Crippen molar-refractivity contribution in [3.63, 3.8) is 0 Å². The maximum Gasteiger partial charge on any atom is 0.387 e. The van der Waals surface area contributed by atoms with Gasteiger partial charge in [0.25, 0.3) is 0 Å². The Labute approximate surface area is 131 Å². The Bertz CT molecular complexity index is 586. The van der Waals surface area contributed by atoms with E-state index in [-0.39, 0.29) is 17.7 Å². The fourth-order valence-corrected chi connectivity index (χ4v) is 3.54. The monoisotopic (exact) mass is 355 g/mol. The molecule has 0 saturated carbocycles. The molecule has 112 valence electrons. The molecule has 2 nitrogen and oxygen atoms in total. The number of nitrogens with one attached hydrogen (secondary N) is 1. The fraction of sp³-hybridized carbons (Fsp3) is 0.375. The van der Waals surface area contributed by atoms with Gasteiger partial charge in [0.2, 0.25) is 0 Å². The molecule has 2 atom stereocenters. The first-order valence-corrected chi connectivity index (χ1v) is 7.80.